The maximum Gasteiger partial charge on any atom is 0.177 e. The highest BCUT2D eigenvalue weighted by Gasteiger charge is 2.13. The third-order valence-electron chi connectivity index (χ3n) is 2.90. The Kier molecular flexibility index (Phi) is 5.06. The van der Waals surface area contributed by atoms with Gasteiger partial charge in [-0.1, -0.05) is 23.8 Å². The predicted molar refractivity (Wildman–Crippen MR) is 72.5 cm³/mol. The summed E-state index contributed by atoms with van der Waals surface area (Å²) in [5.74, 6) is 0.0575. The Morgan fingerprint density at radius 2 is 2.11 bits per heavy atom. The van der Waals surface area contributed by atoms with E-state index in [2.05, 4.69) is 6.07 Å². The van der Waals surface area contributed by atoms with Crippen LogP contribution in [0.1, 0.15) is 28.4 Å². The van der Waals surface area contributed by atoms with Crippen molar-refractivity contribution < 1.29 is 4.79 Å². The minimum atomic E-state index is -0.0538. The highest BCUT2D eigenvalue weighted by atomic mass is 16.1. The van der Waals surface area contributed by atoms with Gasteiger partial charge in [0.25, 0.3) is 0 Å². The van der Waals surface area contributed by atoms with Crippen LogP contribution < -0.4 is 0 Å². The monoisotopic (exact) mass is 244 g/mol. The SMILES string of the molecule is Cc1ccc(C(=O)CN(C)CC(C)C#N)c(C)c1. The van der Waals surface area contributed by atoms with Gasteiger partial charge in [-0.3, -0.25) is 9.69 Å². The van der Waals surface area contributed by atoms with Crippen LogP contribution in [-0.2, 0) is 0 Å². The third-order valence-corrected chi connectivity index (χ3v) is 2.90. The highest BCUT2D eigenvalue weighted by molar-refractivity contribution is 5.98. The van der Waals surface area contributed by atoms with Crippen LogP contribution in [0.2, 0.25) is 0 Å². The van der Waals surface area contributed by atoms with Crippen LogP contribution in [0.4, 0.5) is 0 Å². The third kappa shape index (κ3) is 3.97. The Morgan fingerprint density at radius 1 is 1.44 bits per heavy atom. The first-order chi connectivity index (χ1) is 8.43. The molecule has 0 aliphatic rings. The zero-order chi connectivity index (χ0) is 13.7. The second kappa shape index (κ2) is 6.32. The summed E-state index contributed by atoms with van der Waals surface area (Å²) in [6.07, 6.45) is 0. The van der Waals surface area contributed by atoms with E-state index in [9.17, 15) is 4.79 Å². The molecule has 0 aliphatic heterocycles. The van der Waals surface area contributed by atoms with Gasteiger partial charge in [-0.15, -0.1) is 0 Å². The molecule has 0 radical (unpaired) electrons. The molecule has 1 atom stereocenters. The zero-order valence-corrected chi connectivity index (χ0v) is 11.5. The Balaban J connectivity index is 2.68. The summed E-state index contributed by atoms with van der Waals surface area (Å²) in [4.78, 5) is 14.0. The summed E-state index contributed by atoms with van der Waals surface area (Å²) in [7, 11) is 1.87. The summed E-state index contributed by atoms with van der Waals surface area (Å²) < 4.78 is 0. The van der Waals surface area contributed by atoms with Crippen molar-refractivity contribution in [3.05, 3.63) is 34.9 Å². The van der Waals surface area contributed by atoms with Crippen molar-refractivity contribution in [2.75, 3.05) is 20.1 Å². The lowest BCUT2D eigenvalue weighted by Crippen LogP contribution is -2.30. The van der Waals surface area contributed by atoms with E-state index in [0.29, 0.717) is 13.1 Å². The number of rotatable bonds is 5. The molecule has 0 aliphatic carbocycles. The van der Waals surface area contributed by atoms with Gasteiger partial charge in [0, 0.05) is 12.1 Å². The minimum Gasteiger partial charge on any atom is -0.298 e. The van der Waals surface area contributed by atoms with Crippen LogP contribution in [0, 0.1) is 31.1 Å². The van der Waals surface area contributed by atoms with Gasteiger partial charge < -0.3 is 0 Å². The smallest absolute Gasteiger partial charge is 0.177 e. The number of ketones is 1. The van der Waals surface area contributed by atoms with Crippen LogP contribution in [0.15, 0.2) is 18.2 Å². The second-order valence-electron chi connectivity index (χ2n) is 4.97. The Labute approximate surface area is 109 Å². The van der Waals surface area contributed by atoms with E-state index >= 15 is 0 Å². The van der Waals surface area contributed by atoms with Crippen molar-refractivity contribution in [1.82, 2.24) is 4.90 Å². The number of aryl methyl sites for hydroxylation is 2. The van der Waals surface area contributed by atoms with Crippen molar-refractivity contribution in [2.45, 2.75) is 20.8 Å². The standard InChI is InChI=1S/C15H20N2O/c1-11-5-6-14(13(3)7-11)15(18)10-17(4)9-12(2)8-16/h5-7,12H,9-10H2,1-4H3. The van der Waals surface area contributed by atoms with Crippen molar-refractivity contribution in [3.63, 3.8) is 0 Å². The molecule has 1 aromatic rings. The number of Topliss-reactive ketones (excluding diaryl/α,β-unsaturated/α-hetero) is 1. The summed E-state index contributed by atoms with van der Waals surface area (Å²) in [5.41, 5.74) is 2.95. The fraction of sp³-hybridized carbons (Fsp3) is 0.467. The van der Waals surface area contributed by atoms with Crippen LogP contribution in [0.5, 0.6) is 0 Å². The number of hydrogen-bond donors (Lipinski definition) is 0. The van der Waals surface area contributed by atoms with E-state index in [1.165, 1.54) is 0 Å². The minimum absolute atomic E-state index is 0.0538. The molecule has 96 valence electrons. The molecule has 0 heterocycles. The van der Waals surface area contributed by atoms with Gasteiger partial charge in [-0.2, -0.15) is 5.26 Å². The van der Waals surface area contributed by atoms with Gasteiger partial charge in [0.05, 0.1) is 18.5 Å². The number of likely N-dealkylation sites (N-methyl/N-ethyl adjacent to an activating group) is 1. The van der Waals surface area contributed by atoms with E-state index in [4.69, 9.17) is 5.26 Å². The van der Waals surface area contributed by atoms with Gasteiger partial charge in [-0.05, 0) is 33.4 Å². The molecule has 0 spiro atoms. The van der Waals surface area contributed by atoms with E-state index in [1.54, 1.807) is 0 Å². The van der Waals surface area contributed by atoms with Gasteiger partial charge >= 0.3 is 0 Å². The number of benzene rings is 1. The lowest BCUT2D eigenvalue weighted by Gasteiger charge is -2.17. The molecule has 0 N–H and O–H groups in total. The van der Waals surface area contributed by atoms with Crippen molar-refractivity contribution >= 4 is 5.78 Å². The fourth-order valence-corrected chi connectivity index (χ4v) is 2.03. The van der Waals surface area contributed by atoms with Gasteiger partial charge in [0.15, 0.2) is 5.78 Å². The van der Waals surface area contributed by atoms with E-state index in [-0.39, 0.29) is 11.7 Å². The van der Waals surface area contributed by atoms with Crippen molar-refractivity contribution in [1.29, 1.82) is 5.26 Å². The molecule has 1 aromatic carbocycles. The average Bonchev–Trinajstić information content (AvgIpc) is 2.28. The molecule has 18 heavy (non-hydrogen) atoms. The van der Waals surface area contributed by atoms with Crippen LogP contribution >= 0.6 is 0 Å². The Bertz CT molecular complexity index is 474. The van der Waals surface area contributed by atoms with Crippen LogP contribution in [0.25, 0.3) is 0 Å². The molecular formula is C15H20N2O. The fourth-order valence-electron chi connectivity index (χ4n) is 2.03. The lowest BCUT2D eigenvalue weighted by atomic mass is 10.0. The topological polar surface area (TPSA) is 44.1 Å². The average molecular weight is 244 g/mol. The lowest BCUT2D eigenvalue weighted by molar-refractivity contribution is 0.0942. The summed E-state index contributed by atoms with van der Waals surface area (Å²) >= 11 is 0. The predicted octanol–water partition coefficient (Wildman–Crippen LogP) is 2.58. The molecule has 1 unspecified atom stereocenters. The maximum atomic E-state index is 12.1. The molecule has 0 bridgehead atoms. The zero-order valence-electron chi connectivity index (χ0n) is 11.5. The van der Waals surface area contributed by atoms with Crippen LogP contribution in [0.3, 0.4) is 0 Å². The largest absolute Gasteiger partial charge is 0.298 e. The summed E-state index contributed by atoms with van der Waals surface area (Å²) in [6.45, 7) is 6.81. The molecule has 0 aromatic heterocycles. The molecule has 3 nitrogen and oxygen atoms in total. The Hall–Kier alpha value is -1.66. The molecular weight excluding hydrogens is 224 g/mol. The molecule has 0 amide bonds. The van der Waals surface area contributed by atoms with Gasteiger partial charge in [-0.25, -0.2) is 0 Å². The van der Waals surface area contributed by atoms with Gasteiger partial charge in [0.2, 0.25) is 0 Å². The van der Waals surface area contributed by atoms with Crippen molar-refractivity contribution in [3.8, 4) is 6.07 Å². The summed E-state index contributed by atoms with van der Waals surface area (Å²) in [5, 5.41) is 8.75. The van der Waals surface area contributed by atoms with E-state index < -0.39 is 0 Å². The van der Waals surface area contributed by atoms with E-state index in [1.807, 2.05) is 50.9 Å². The number of nitriles is 1. The molecule has 0 fully saturated rings. The number of nitrogens with zero attached hydrogens (tertiary/aromatic N) is 2. The molecule has 0 saturated heterocycles. The van der Waals surface area contributed by atoms with Crippen LogP contribution in [-0.4, -0.2) is 30.8 Å². The first-order valence-corrected chi connectivity index (χ1v) is 6.12. The quantitative estimate of drug-likeness (QED) is 0.748. The first-order valence-electron chi connectivity index (χ1n) is 6.12. The van der Waals surface area contributed by atoms with E-state index in [0.717, 1.165) is 16.7 Å². The number of carbonyl (C=O) groups is 1. The normalized spacial score (nSPS) is 12.2. The maximum absolute atomic E-state index is 12.1. The molecule has 0 saturated carbocycles. The summed E-state index contributed by atoms with van der Waals surface area (Å²) in [6, 6.07) is 8.03. The highest BCUT2D eigenvalue weighted by Crippen LogP contribution is 2.12. The number of hydrogen-bond acceptors (Lipinski definition) is 3. The first kappa shape index (κ1) is 14.4. The molecule has 3 heteroatoms. The van der Waals surface area contributed by atoms with Crippen molar-refractivity contribution in [2.24, 2.45) is 5.92 Å². The number of carbonyl (C=O) groups excluding carboxylic acids is 1. The van der Waals surface area contributed by atoms with Gasteiger partial charge in [0.1, 0.15) is 0 Å². The second-order valence-corrected chi connectivity index (χ2v) is 4.97. The Morgan fingerprint density at radius 3 is 2.67 bits per heavy atom. The molecule has 1 rings (SSSR count).